The average molecular weight is 511 g/mol. The summed E-state index contributed by atoms with van der Waals surface area (Å²) in [4.78, 5) is 51.5. The Balaban J connectivity index is 1.74. The number of nitrogens with zero attached hydrogens (tertiary/aromatic N) is 1. The predicted octanol–water partition coefficient (Wildman–Crippen LogP) is 3.49. The number of rotatable bonds is 11. The molecule has 1 aromatic heterocycles. The lowest BCUT2D eigenvalue weighted by molar-refractivity contribution is -0.153. The van der Waals surface area contributed by atoms with E-state index in [0.717, 1.165) is 10.4 Å². The Morgan fingerprint density at radius 2 is 1.69 bits per heavy atom. The van der Waals surface area contributed by atoms with Crippen molar-refractivity contribution >= 4 is 35.3 Å². The van der Waals surface area contributed by atoms with E-state index in [0.29, 0.717) is 5.56 Å². The fraction of sp³-hybridized carbons (Fsp3) is 0.231. The van der Waals surface area contributed by atoms with E-state index < -0.39 is 36.5 Å². The maximum atomic E-state index is 13.2. The molecule has 0 aliphatic heterocycles. The number of alkyl carbamates (subject to hydrolysis) is 1. The summed E-state index contributed by atoms with van der Waals surface area (Å²) in [5.74, 6) is -2.20. The van der Waals surface area contributed by atoms with Crippen molar-refractivity contribution < 1.29 is 33.8 Å². The molecule has 2 amide bonds. The minimum Gasteiger partial charge on any atom is -0.478 e. The molecule has 36 heavy (non-hydrogen) atoms. The molecule has 2 N–H and O–H groups in total. The number of ether oxygens (including phenoxy) is 2. The number of esters is 1. The largest absolute Gasteiger partial charge is 0.478 e. The number of hydrogen-bond donors (Lipinski definition) is 2. The van der Waals surface area contributed by atoms with Gasteiger partial charge in [-0.25, -0.2) is 14.4 Å². The average Bonchev–Trinajstić information content (AvgIpc) is 3.41. The summed E-state index contributed by atoms with van der Waals surface area (Å²) in [6, 6.07) is 17.8. The van der Waals surface area contributed by atoms with Gasteiger partial charge in [-0.05, 0) is 34.7 Å². The van der Waals surface area contributed by atoms with Crippen LogP contribution in [0.15, 0.2) is 72.1 Å². The number of hydrogen-bond acceptors (Lipinski definition) is 7. The van der Waals surface area contributed by atoms with Crippen molar-refractivity contribution in [3.8, 4) is 0 Å². The summed E-state index contributed by atoms with van der Waals surface area (Å²) in [6.07, 6.45) is -0.548. The van der Waals surface area contributed by atoms with Crippen LogP contribution in [-0.4, -0.2) is 53.6 Å². The third-order valence-electron chi connectivity index (χ3n) is 5.29. The summed E-state index contributed by atoms with van der Waals surface area (Å²) in [7, 11) is 1.24. The molecule has 2 aromatic carbocycles. The van der Waals surface area contributed by atoms with Gasteiger partial charge in [0.25, 0.3) is 0 Å². The second-order valence-corrected chi connectivity index (χ2v) is 8.79. The van der Waals surface area contributed by atoms with E-state index in [4.69, 9.17) is 14.6 Å². The Labute approximate surface area is 212 Å². The van der Waals surface area contributed by atoms with Gasteiger partial charge in [0.15, 0.2) is 0 Å². The number of carboxylic acid groups (broad SMARTS) is 1. The number of nitrogens with one attached hydrogen (secondary N) is 1. The highest BCUT2D eigenvalue weighted by Gasteiger charge is 2.31. The Morgan fingerprint density at radius 1 is 0.972 bits per heavy atom. The van der Waals surface area contributed by atoms with E-state index >= 15 is 0 Å². The van der Waals surface area contributed by atoms with Gasteiger partial charge in [0, 0.05) is 17.8 Å². The van der Waals surface area contributed by atoms with Crippen LogP contribution >= 0.6 is 11.3 Å². The van der Waals surface area contributed by atoms with Gasteiger partial charge >= 0.3 is 18.0 Å². The topological polar surface area (TPSA) is 122 Å². The smallest absolute Gasteiger partial charge is 0.407 e. The van der Waals surface area contributed by atoms with E-state index in [-0.39, 0.29) is 25.1 Å². The van der Waals surface area contributed by atoms with Gasteiger partial charge < -0.3 is 24.8 Å². The van der Waals surface area contributed by atoms with Gasteiger partial charge in [-0.3, -0.25) is 4.79 Å². The Hall–Kier alpha value is -4.18. The molecule has 0 saturated carbocycles. The second kappa shape index (κ2) is 13.1. The summed E-state index contributed by atoms with van der Waals surface area (Å²) >= 11 is 1.44. The van der Waals surface area contributed by atoms with Crippen LogP contribution in [0.4, 0.5) is 4.79 Å². The first-order chi connectivity index (χ1) is 17.4. The third kappa shape index (κ3) is 7.67. The van der Waals surface area contributed by atoms with Gasteiger partial charge in [0.05, 0.1) is 12.7 Å². The minimum absolute atomic E-state index is 0.00458. The Kier molecular flexibility index (Phi) is 9.58. The summed E-state index contributed by atoms with van der Waals surface area (Å²) in [6.45, 7) is -0.354. The molecule has 9 nitrogen and oxygen atoms in total. The van der Waals surface area contributed by atoms with Crippen molar-refractivity contribution in [2.24, 2.45) is 0 Å². The van der Waals surface area contributed by atoms with Gasteiger partial charge in [-0.15, -0.1) is 11.3 Å². The zero-order valence-electron chi connectivity index (χ0n) is 19.6. The van der Waals surface area contributed by atoms with Crippen LogP contribution in [0.2, 0.25) is 0 Å². The zero-order valence-corrected chi connectivity index (χ0v) is 20.4. The number of benzene rings is 2. The zero-order chi connectivity index (χ0) is 25.9. The van der Waals surface area contributed by atoms with Gasteiger partial charge in [0.1, 0.15) is 19.2 Å². The summed E-state index contributed by atoms with van der Waals surface area (Å²) in [5.41, 5.74) is 1.51. The second-order valence-electron chi connectivity index (χ2n) is 7.76. The van der Waals surface area contributed by atoms with Crippen LogP contribution < -0.4 is 5.32 Å². The molecule has 3 aromatic rings. The molecule has 0 aliphatic carbocycles. The first kappa shape index (κ1) is 26.4. The molecule has 0 saturated heterocycles. The molecule has 1 heterocycles. The molecule has 1 unspecified atom stereocenters. The molecule has 188 valence electrons. The molecule has 10 heteroatoms. The van der Waals surface area contributed by atoms with Crippen LogP contribution in [-0.2, 0) is 38.6 Å². The van der Waals surface area contributed by atoms with Gasteiger partial charge in [-0.1, -0.05) is 48.5 Å². The number of carbonyl (C=O) groups excluding carboxylic acids is 3. The third-order valence-corrected chi connectivity index (χ3v) is 6.19. The fourth-order valence-corrected chi connectivity index (χ4v) is 4.16. The Morgan fingerprint density at radius 3 is 2.31 bits per heavy atom. The highest BCUT2D eigenvalue weighted by molar-refractivity contribution is 7.09. The molecule has 0 spiro atoms. The Bertz CT molecular complexity index is 1160. The van der Waals surface area contributed by atoms with E-state index in [1.54, 1.807) is 24.3 Å². The number of thiophene rings is 1. The molecule has 0 fully saturated rings. The van der Waals surface area contributed by atoms with Crippen molar-refractivity contribution in [1.29, 1.82) is 0 Å². The normalized spacial score (nSPS) is 11.2. The highest BCUT2D eigenvalue weighted by Crippen LogP contribution is 2.19. The maximum Gasteiger partial charge on any atom is 0.407 e. The fourth-order valence-electron chi connectivity index (χ4n) is 3.42. The van der Waals surface area contributed by atoms with Crippen LogP contribution in [0.1, 0.15) is 26.4 Å². The molecule has 3 rings (SSSR count). The molecule has 0 radical (unpaired) electrons. The molecular formula is C26H26N2O7S. The SMILES string of the molecule is COC(=O)C(Cc1cccs1)N(Cc1ccc(C(=O)O)cc1)C(=O)CNC(=O)OCc1ccccc1. The first-order valence-electron chi connectivity index (χ1n) is 11.0. The quantitative estimate of drug-likeness (QED) is 0.379. The minimum atomic E-state index is -1.07. The lowest BCUT2D eigenvalue weighted by atomic mass is 10.1. The lowest BCUT2D eigenvalue weighted by Gasteiger charge is -2.30. The molecular weight excluding hydrogens is 484 g/mol. The maximum absolute atomic E-state index is 13.2. The van der Waals surface area contributed by atoms with E-state index in [1.807, 2.05) is 35.7 Å². The highest BCUT2D eigenvalue weighted by atomic mass is 32.1. The van der Waals surface area contributed by atoms with E-state index in [2.05, 4.69) is 5.32 Å². The van der Waals surface area contributed by atoms with Crippen molar-refractivity contribution in [2.45, 2.75) is 25.6 Å². The van der Waals surface area contributed by atoms with Crippen LogP contribution in [0, 0.1) is 0 Å². The van der Waals surface area contributed by atoms with Crippen LogP contribution in [0.3, 0.4) is 0 Å². The number of amides is 2. The van der Waals surface area contributed by atoms with E-state index in [9.17, 15) is 19.2 Å². The van der Waals surface area contributed by atoms with Crippen molar-refractivity contribution in [2.75, 3.05) is 13.7 Å². The molecule has 1 atom stereocenters. The lowest BCUT2D eigenvalue weighted by Crippen LogP contribution is -2.49. The van der Waals surface area contributed by atoms with E-state index in [1.165, 1.54) is 35.5 Å². The van der Waals surface area contributed by atoms with Crippen LogP contribution in [0.5, 0.6) is 0 Å². The van der Waals surface area contributed by atoms with Crippen molar-refractivity contribution in [3.63, 3.8) is 0 Å². The molecule has 0 aliphatic rings. The number of methoxy groups -OCH3 is 1. The van der Waals surface area contributed by atoms with Crippen molar-refractivity contribution in [3.05, 3.63) is 93.7 Å². The number of aromatic carboxylic acids is 1. The number of carboxylic acids is 1. The summed E-state index contributed by atoms with van der Waals surface area (Å²) < 4.78 is 10.1. The monoisotopic (exact) mass is 510 g/mol. The molecule has 0 bridgehead atoms. The summed E-state index contributed by atoms with van der Waals surface area (Å²) in [5, 5.41) is 13.4. The van der Waals surface area contributed by atoms with Crippen LogP contribution in [0.25, 0.3) is 0 Å². The van der Waals surface area contributed by atoms with Crippen molar-refractivity contribution in [1.82, 2.24) is 10.2 Å². The van der Waals surface area contributed by atoms with Gasteiger partial charge in [0.2, 0.25) is 5.91 Å². The predicted molar refractivity (Wildman–Crippen MR) is 132 cm³/mol. The standard InChI is InChI=1S/C26H26N2O7S/c1-34-25(32)22(14-21-8-5-13-36-21)28(16-18-9-11-20(12-10-18)24(30)31)23(29)15-27-26(33)35-17-19-6-3-2-4-7-19/h2-13,22H,14-17H2,1H3,(H,27,33)(H,30,31). The first-order valence-corrected chi connectivity index (χ1v) is 11.9. The number of carbonyl (C=O) groups is 4. The van der Waals surface area contributed by atoms with Gasteiger partial charge in [-0.2, -0.15) is 0 Å².